The fourth-order valence-electron chi connectivity index (χ4n) is 4.11. The number of anilines is 1. The van der Waals surface area contributed by atoms with E-state index in [4.69, 9.17) is 0 Å². The summed E-state index contributed by atoms with van der Waals surface area (Å²) in [6.45, 7) is 5.37. The number of hydrogen-bond donors (Lipinski definition) is 1. The molecule has 0 bridgehead atoms. The lowest BCUT2D eigenvalue weighted by molar-refractivity contribution is -0.151. The monoisotopic (exact) mass is 410 g/mol. The van der Waals surface area contributed by atoms with Crippen LogP contribution in [0.2, 0.25) is 0 Å². The van der Waals surface area contributed by atoms with Crippen molar-refractivity contribution in [2.75, 3.05) is 31.1 Å². The average molecular weight is 410 g/mol. The van der Waals surface area contributed by atoms with E-state index in [-0.39, 0.29) is 5.91 Å². The molecule has 5 nitrogen and oxygen atoms in total. The van der Waals surface area contributed by atoms with Crippen LogP contribution in [0.1, 0.15) is 32.3 Å². The Kier molecular flexibility index (Phi) is 5.91. The zero-order valence-electron chi connectivity index (χ0n) is 16.5. The maximum Gasteiger partial charge on any atom is 0.416 e. The highest BCUT2D eigenvalue weighted by molar-refractivity contribution is 5.86. The van der Waals surface area contributed by atoms with Gasteiger partial charge in [0.05, 0.1) is 17.4 Å². The summed E-state index contributed by atoms with van der Waals surface area (Å²) in [4.78, 5) is 28.2. The number of aliphatic carboxylic acids is 1. The predicted octanol–water partition coefficient (Wildman–Crippen LogP) is 3.80. The van der Waals surface area contributed by atoms with Gasteiger partial charge in [0.25, 0.3) is 0 Å². The molecule has 1 aliphatic heterocycles. The molecular formula is C21H25F3N2O3. The van der Waals surface area contributed by atoms with Crippen LogP contribution >= 0.6 is 0 Å². The zero-order valence-corrected chi connectivity index (χ0v) is 16.5. The van der Waals surface area contributed by atoms with Gasteiger partial charge in [0.2, 0.25) is 5.91 Å². The van der Waals surface area contributed by atoms with Gasteiger partial charge in [0, 0.05) is 31.9 Å². The summed E-state index contributed by atoms with van der Waals surface area (Å²) in [5.41, 5.74) is 1.86. The highest BCUT2D eigenvalue weighted by Gasteiger charge is 2.40. The number of carbonyl (C=O) groups excluding carboxylic acids is 1. The van der Waals surface area contributed by atoms with Crippen molar-refractivity contribution in [3.05, 3.63) is 41.0 Å². The van der Waals surface area contributed by atoms with Gasteiger partial charge in [-0.2, -0.15) is 13.2 Å². The number of carboxylic acid groups (broad SMARTS) is 1. The molecule has 0 unspecified atom stereocenters. The van der Waals surface area contributed by atoms with E-state index >= 15 is 0 Å². The second-order valence-electron chi connectivity index (χ2n) is 7.88. The summed E-state index contributed by atoms with van der Waals surface area (Å²) in [7, 11) is 0. The van der Waals surface area contributed by atoms with Gasteiger partial charge in [-0.05, 0) is 44.9 Å². The van der Waals surface area contributed by atoms with Crippen LogP contribution < -0.4 is 4.90 Å². The Balaban J connectivity index is 1.67. The van der Waals surface area contributed by atoms with Crippen molar-refractivity contribution in [3.63, 3.8) is 0 Å². The number of amides is 1. The summed E-state index contributed by atoms with van der Waals surface area (Å²) in [6, 6.07) is 5.17. The first-order chi connectivity index (χ1) is 13.6. The van der Waals surface area contributed by atoms with E-state index in [0.717, 1.165) is 23.3 Å². The van der Waals surface area contributed by atoms with Crippen molar-refractivity contribution in [2.45, 2.75) is 32.9 Å². The normalized spacial score (nSPS) is 23.3. The third-order valence-corrected chi connectivity index (χ3v) is 6.03. The molecule has 0 saturated carbocycles. The van der Waals surface area contributed by atoms with Gasteiger partial charge in [0.15, 0.2) is 0 Å². The molecule has 1 aliphatic carbocycles. The minimum Gasteiger partial charge on any atom is -0.481 e. The van der Waals surface area contributed by atoms with Crippen molar-refractivity contribution in [3.8, 4) is 0 Å². The molecule has 1 amide bonds. The molecule has 3 rings (SSSR count). The Hall–Kier alpha value is -2.51. The second-order valence-corrected chi connectivity index (χ2v) is 7.88. The molecule has 0 aromatic heterocycles. The fourth-order valence-corrected chi connectivity index (χ4v) is 4.11. The Morgan fingerprint density at radius 2 is 1.59 bits per heavy atom. The first-order valence-electron chi connectivity index (χ1n) is 9.67. The lowest BCUT2D eigenvalue weighted by Crippen LogP contribution is -2.52. The molecule has 2 atom stereocenters. The summed E-state index contributed by atoms with van der Waals surface area (Å²) in [5, 5.41) is 9.55. The van der Waals surface area contributed by atoms with Crippen LogP contribution in [0.3, 0.4) is 0 Å². The topological polar surface area (TPSA) is 60.9 Å². The molecule has 158 valence electrons. The standard InChI is InChI=1S/C21H25F3N2O3/c1-13-10-17(18(20(28)29)11-14(13)2)19(27)26-8-6-25(7-9-26)16-5-3-4-15(12-16)21(22,23)24/h3-5,12,17-18H,6-11H2,1-2H3,(H,28,29)/t17-,18+/m0/s1. The average Bonchev–Trinajstić information content (AvgIpc) is 2.68. The van der Waals surface area contributed by atoms with E-state index in [9.17, 15) is 27.9 Å². The lowest BCUT2D eigenvalue weighted by Gasteiger charge is -2.39. The molecule has 0 spiro atoms. The maximum atomic E-state index is 13.0. The molecular weight excluding hydrogens is 385 g/mol. The highest BCUT2D eigenvalue weighted by atomic mass is 19.4. The molecule has 8 heteroatoms. The third kappa shape index (κ3) is 4.57. The van der Waals surface area contributed by atoms with Crippen molar-refractivity contribution >= 4 is 17.6 Å². The first kappa shape index (κ1) is 21.2. The Bertz CT molecular complexity index is 827. The van der Waals surface area contributed by atoms with E-state index in [1.807, 2.05) is 18.7 Å². The van der Waals surface area contributed by atoms with Crippen LogP contribution in [0.5, 0.6) is 0 Å². The van der Waals surface area contributed by atoms with E-state index in [2.05, 4.69) is 0 Å². The first-order valence-corrected chi connectivity index (χ1v) is 9.67. The van der Waals surface area contributed by atoms with Gasteiger partial charge < -0.3 is 14.9 Å². The number of halogens is 3. The molecule has 1 aromatic carbocycles. The third-order valence-electron chi connectivity index (χ3n) is 6.03. The maximum absolute atomic E-state index is 13.0. The van der Waals surface area contributed by atoms with Crippen LogP contribution in [-0.4, -0.2) is 48.1 Å². The van der Waals surface area contributed by atoms with Gasteiger partial charge in [-0.15, -0.1) is 0 Å². The lowest BCUT2D eigenvalue weighted by atomic mass is 9.76. The summed E-state index contributed by atoms with van der Waals surface area (Å²) in [6.07, 6.45) is -3.58. The largest absolute Gasteiger partial charge is 0.481 e. The molecule has 29 heavy (non-hydrogen) atoms. The van der Waals surface area contributed by atoms with Gasteiger partial charge in [-0.25, -0.2) is 0 Å². The number of hydrogen-bond acceptors (Lipinski definition) is 3. The number of allylic oxidation sites excluding steroid dienone is 2. The Morgan fingerprint density at radius 3 is 2.14 bits per heavy atom. The zero-order chi connectivity index (χ0) is 21.3. The van der Waals surface area contributed by atoms with Crippen LogP contribution in [0.25, 0.3) is 0 Å². The van der Waals surface area contributed by atoms with Gasteiger partial charge in [-0.3, -0.25) is 9.59 Å². The quantitative estimate of drug-likeness (QED) is 0.770. The van der Waals surface area contributed by atoms with Crippen molar-refractivity contribution in [2.24, 2.45) is 11.8 Å². The Labute approximate surface area is 167 Å². The van der Waals surface area contributed by atoms with E-state index in [0.29, 0.717) is 44.7 Å². The number of benzene rings is 1. The van der Waals surface area contributed by atoms with Crippen molar-refractivity contribution < 1.29 is 27.9 Å². The second kappa shape index (κ2) is 8.08. The number of carbonyl (C=O) groups is 2. The number of nitrogens with zero attached hydrogens (tertiary/aromatic N) is 2. The molecule has 1 aromatic rings. The number of carboxylic acids is 1. The van der Waals surface area contributed by atoms with Crippen LogP contribution in [0.4, 0.5) is 18.9 Å². The van der Waals surface area contributed by atoms with Crippen LogP contribution in [0.15, 0.2) is 35.4 Å². The van der Waals surface area contributed by atoms with E-state index in [1.165, 1.54) is 6.07 Å². The minimum absolute atomic E-state index is 0.173. The number of rotatable bonds is 3. The Morgan fingerprint density at radius 1 is 1.00 bits per heavy atom. The summed E-state index contributed by atoms with van der Waals surface area (Å²) < 4.78 is 38.8. The molecule has 0 radical (unpaired) electrons. The van der Waals surface area contributed by atoms with Gasteiger partial charge in [0.1, 0.15) is 0 Å². The molecule has 1 saturated heterocycles. The SMILES string of the molecule is CC1=C(C)C[C@@H](C(=O)O)[C@@H](C(=O)N2CCN(c3cccc(C(F)(F)F)c3)CC2)C1. The van der Waals surface area contributed by atoms with Gasteiger partial charge in [-0.1, -0.05) is 17.2 Å². The van der Waals surface area contributed by atoms with Crippen molar-refractivity contribution in [1.82, 2.24) is 4.90 Å². The number of alkyl halides is 3. The summed E-state index contributed by atoms with van der Waals surface area (Å²) in [5.74, 6) is -2.45. The van der Waals surface area contributed by atoms with E-state index < -0.39 is 29.5 Å². The van der Waals surface area contributed by atoms with Crippen LogP contribution in [-0.2, 0) is 15.8 Å². The van der Waals surface area contributed by atoms with Crippen LogP contribution in [0, 0.1) is 11.8 Å². The van der Waals surface area contributed by atoms with E-state index in [1.54, 1.807) is 11.0 Å². The van der Waals surface area contributed by atoms with Crippen molar-refractivity contribution in [1.29, 1.82) is 0 Å². The molecule has 2 aliphatic rings. The van der Waals surface area contributed by atoms with Gasteiger partial charge >= 0.3 is 12.1 Å². The summed E-state index contributed by atoms with van der Waals surface area (Å²) >= 11 is 0. The fraction of sp³-hybridized carbons (Fsp3) is 0.524. The molecule has 1 heterocycles. The predicted molar refractivity (Wildman–Crippen MR) is 102 cm³/mol. The number of piperazine rings is 1. The highest BCUT2D eigenvalue weighted by Crippen LogP contribution is 2.36. The molecule has 1 N–H and O–H groups in total. The smallest absolute Gasteiger partial charge is 0.416 e. The minimum atomic E-state index is -4.40. The molecule has 1 fully saturated rings.